The first-order chi connectivity index (χ1) is 5.20. The van der Waals surface area contributed by atoms with Gasteiger partial charge in [0.05, 0.1) is 0 Å². The molecule has 0 bridgehead atoms. The Hall–Kier alpha value is -0.180. The van der Waals surface area contributed by atoms with Gasteiger partial charge in [-0.25, -0.2) is 8.78 Å². The summed E-state index contributed by atoms with van der Waals surface area (Å²) in [4.78, 5) is 0. The first kappa shape index (κ1) is 7.47. The largest absolute Gasteiger partial charge is 0.316 e. The predicted octanol–water partition coefficient (Wildman–Crippen LogP) is 1.89. The Morgan fingerprint density at radius 2 is 2.18 bits per heavy atom. The van der Waals surface area contributed by atoms with E-state index in [-0.39, 0.29) is 19.7 Å². The molecule has 0 spiro atoms. The molecule has 1 aliphatic carbocycles. The molecule has 2 fully saturated rings. The molecule has 0 amide bonds. The lowest BCUT2D eigenvalue weighted by molar-refractivity contribution is -0.0932. The third-order valence-corrected chi connectivity index (χ3v) is 2.97. The fourth-order valence-corrected chi connectivity index (χ4v) is 2.32. The molecule has 1 N–H and O–H groups in total. The summed E-state index contributed by atoms with van der Waals surface area (Å²) < 4.78 is 26.2. The van der Waals surface area contributed by atoms with E-state index in [4.69, 9.17) is 0 Å². The Balaban J connectivity index is 0.000000720. The van der Waals surface area contributed by atoms with Gasteiger partial charge in [0.25, 0.3) is 5.92 Å². The van der Waals surface area contributed by atoms with Gasteiger partial charge in [-0.1, -0.05) is 0 Å². The van der Waals surface area contributed by atoms with E-state index >= 15 is 0 Å². The average Bonchev–Trinajstić information content (AvgIpc) is 2.34. The molecule has 1 aliphatic heterocycles. The van der Waals surface area contributed by atoms with Crippen LogP contribution in [-0.2, 0) is 0 Å². The number of fused-ring (bicyclic) bond motifs is 1. The van der Waals surface area contributed by atoms with Gasteiger partial charge in [0.1, 0.15) is 0 Å². The van der Waals surface area contributed by atoms with Crippen LogP contribution in [0.2, 0.25) is 0 Å². The lowest BCUT2D eigenvalue weighted by Crippen LogP contribution is -2.37. The van der Waals surface area contributed by atoms with Gasteiger partial charge in [-0.2, -0.15) is 0 Å². The third kappa shape index (κ3) is 1.15. The zero-order chi connectivity index (χ0) is 7.90. The Morgan fingerprint density at radius 3 is 2.91 bits per heavy atom. The second kappa shape index (κ2) is 2.41. The van der Waals surface area contributed by atoms with Crippen LogP contribution in [0.5, 0.6) is 0 Å². The molecule has 2 unspecified atom stereocenters. The molecule has 66 valence electrons. The minimum atomic E-state index is -2.38. The Morgan fingerprint density at radius 1 is 1.36 bits per heavy atom. The van der Waals surface area contributed by atoms with Gasteiger partial charge in [-0.05, 0) is 25.3 Å². The van der Waals surface area contributed by atoms with Gasteiger partial charge in [0.2, 0.25) is 0 Å². The van der Waals surface area contributed by atoms with Crippen molar-refractivity contribution in [1.82, 2.24) is 5.32 Å². The van der Waals surface area contributed by atoms with Crippen LogP contribution in [0.25, 0.3) is 0 Å². The van der Waals surface area contributed by atoms with Gasteiger partial charge in [0.15, 0.2) is 0 Å². The summed E-state index contributed by atoms with van der Waals surface area (Å²) >= 11 is 0. The molecule has 2 atom stereocenters. The minimum absolute atomic E-state index is 0. The van der Waals surface area contributed by atoms with Crippen LogP contribution in [0.3, 0.4) is 0 Å². The maximum absolute atomic E-state index is 13.1. The van der Waals surface area contributed by atoms with Crippen LogP contribution in [0.4, 0.5) is 8.78 Å². The summed E-state index contributed by atoms with van der Waals surface area (Å²) in [5, 5.41) is 3.04. The summed E-state index contributed by atoms with van der Waals surface area (Å²) in [5.74, 6) is -2.50. The maximum atomic E-state index is 13.1. The van der Waals surface area contributed by atoms with Crippen molar-refractivity contribution < 1.29 is 10.2 Å². The van der Waals surface area contributed by atoms with Gasteiger partial charge in [-0.3, -0.25) is 0 Å². The Bertz CT molecular complexity index is 163. The molecule has 3 heteroatoms. The monoisotopic (exact) mass is 163 g/mol. The Kier molecular flexibility index (Phi) is 1.63. The maximum Gasteiger partial charge on any atom is 0.252 e. The molecule has 1 heterocycles. The highest BCUT2D eigenvalue weighted by Crippen LogP contribution is 2.43. The van der Waals surface area contributed by atoms with Gasteiger partial charge in [0, 0.05) is 20.3 Å². The normalized spacial score (nSPS) is 42.0. The zero-order valence-electron chi connectivity index (χ0n) is 6.45. The van der Waals surface area contributed by atoms with Crippen molar-refractivity contribution in [2.24, 2.45) is 11.8 Å². The summed E-state index contributed by atoms with van der Waals surface area (Å²) in [6.45, 7) is 1.33. The molecule has 1 saturated heterocycles. The van der Waals surface area contributed by atoms with Crippen molar-refractivity contribution >= 4 is 0 Å². The van der Waals surface area contributed by atoms with Crippen LogP contribution in [0.1, 0.15) is 20.7 Å². The fourth-order valence-electron chi connectivity index (χ4n) is 2.32. The molecule has 0 aromatic carbocycles. The van der Waals surface area contributed by atoms with Gasteiger partial charge < -0.3 is 5.32 Å². The minimum Gasteiger partial charge on any atom is -0.316 e. The smallest absolute Gasteiger partial charge is 0.252 e. The fraction of sp³-hybridized carbons (Fsp3) is 1.00. The molecule has 0 aromatic rings. The van der Waals surface area contributed by atoms with E-state index in [2.05, 4.69) is 5.32 Å². The van der Waals surface area contributed by atoms with Gasteiger partial charge >= 0.3 is 0 Å². The Labute approximate surface area is 66.6 Å². The number of hydrogen-bond acceptors (Lipinski definition) is 1. The number of rotatable bonds is 0. The SMILES string of the molecule is FC1(F)CCCC2CNCC21.[HH]. The van der Waals surface area contributed by atoms with Crippen LogP contribution < -0.4 is 5.32 Å². The van der Waals surface area contributed by atoms with Gasteiger partial charge in [-0.15, -0.1) is 0 Å². The van der Waals surface area contributed by atoms with Crippen LogP contribution in [0.15, 0.2) is 0 Å². The van der Waals surface area contributed by atoms with E-state index in [1.165, 1.54) is 0 Å². The zero-order valence-corrected chi connectivity index (χ0v) is 6.45. The number of alkyl halides is 2. The highest BCUT2D eigenvalue weighted by Gasteiger charge is 2.48. The molecule has 1 nitrogen and oxygen atoms in total. The quantitative estimate of drug-likeness (QED) is 0.575. The third-order valence-electron chi connectivity index (χ3n) is 2.97. The van der Waals surface area contributed by atoms with Crippen molar-refractivity contribution in [3.05, 3.63) is 0 Å². The second-order valence-corrected chi connectivity index (χ2v) is 3.68. The van der Waals surface area contributed by atoms with E-state index in [9.17, 15) is 8.78 Å². The molecule has 11 heavy (non-hydrogen) atoms. The van der Waals surface area contributed by atoms with E-state index in [1.807, 2.05) is 0 Å². The number of hydrogen-bond donors (Lipinski definition) is 1. The molecular formula is C8H15F2N. The molecule has 2 aliphatic rings. The molecule has 0 radical (unpaired) electrons. The van der Waals surface area contributed by atoms with Crippen LogP contribution in [-0.4, -0.2) is 19.0 Å². The van der Waals surface area contributed by atoms with E-state index in [0.29, 0.717) is 13.0 Å². The van der Waals surface area contributed by atoms with Crippen molar-refractivity contribution in [1.29, 1.82) is 0 Å². The highest BCUT2D eigenvalue weighted by atomic mass is 19.3. The van der Waals surface area contributed by atoms with Crippen molar-refractivity contribution in [3.8, 4) is 0 Å². The van der Waals surface area contributed by atoms with E-state index in [1.54, 1.807) is 0 Å². The average molecular weight is 163 g/mol. The summed E-state index contributed by atoms with van der Waals surface area (Å²) in [6, 6.07) is 0. The highest BCUT2D eigenvalue weighted by molar-refractivity contribution is 4.93. The topological polar surface area (TPSA) is 12.0 Å². The lowest BCUT2D eigenvalue weighted by atomic mass is 9.79. The second-order valence-electron chi connectivity index (χ2n) is 3.68. The lowest BCUT2D eigenvalue weighted by Gasteiger charge is -2.32. The van der Waals surface area contributed by atoms with Crippen molar-refractivity contribution in [2.45, 2.75) is 25.2 Å². The van der Waals surface area contributed by atoms with Crippen LogP contribution >= 0.6 is 0 Å². The molecule has 2 rings (SSSR count). The summed E-state index contributed by atoms with van der Waals surface area (Å²) in [7, 11) is 0. The number of halogens is 2. The summed E-state index contributed by atoms with van der Waals surface area (Å²) in [6.07, 6.45) is 1.80. The summed E-state index contributed by atoms with van der Waals surface area (Å²) in [5.41, 5.74) is 0. The standard InChI is InChI=1S/C8H13F2N.H2/c9-8(10)3-1-2-6-4-11-5-7(6)8;/h6-7,11H,1-5H2;1H. The van der Waals surface area contributed by atoms with Crippen molar-refractivity contribution in [2.75, 3.05) is 13.1 Å². The molecule has 1 saturated carbocycles. The predicted molar refractivity (Wildman–Crippen MR) is 40.8 cm³/mol. The van der Waals surface area contributed by atoms with Crippen LogP contribution in [0, 0.1) is 11.8 Å². The molecular weight excluding hydrogens is 148 g/mol. The number of nitrogens with one attached hydrogen (secondary N) is 1. The molecule has 0 aromatic heterocycles. The first-order valence-electron chi connectivity index (χ1n) is 4.29. The first-order valence-corrected chi connectivity index (χ1v) is 4.29. The van der Waals surface area contributed by atoms with Crippen molar-refractivity contribution in [3.63, 3.8) is 0 Å². The van der Waals surface area contributed by atoms with E-state index in [0.717, 1.165) is 13.0 Å². The van der Waals surface area contributed by atoms with E-state index < -0.39 is 5.92 Å².